The lowest BCUT2D eigenvalue weighted by molar-refractivity contribution is 0.298. The maximum absolute atomic E-state index is 3.71. The number of rotatable bonds is 6. The summed E-state index contributed by atoms with van der Waals surface area (Å²) in [6.07, 6.45) is 9.83. The number of hydrogen-bond acceptors (Lipinski definition) is 1. The van der Waals surface area contributed by atoms with Crippen LogP contribution in [0.3, 0.4) is 0 Å². The summed E-state index contributed by atoms with van der Waals surface area (Å²) in [4.78, 5) is 0. The monoisotopic (exact) mass is 259 g/mol. The van der Waals surface area contributed by atoms with E-state index in [2.05, 4.69) is 43.4 Å². The molecule has 0 heterocycles. The summed E-state index contributed by atoms with van der Waals surface area (Å²) in [6, 6.07) is 9.50. The Kier molecular flexibility index (Phi) is 5.91. The van der Waals surface area contributed by atoms with Crippen LogP contribution in [-0.2, 0) is 6.42 Å². The maximum atomic E-state index is 3.71. The number of benzene rings is 1. The molecule has 1 fully saturated rings. The predicted octanol–water partition coefficient (Wildman–Crippen LogP) is 4.49. The van der Waals surface area contributed by atoms with E-state index < -0.39 is 0 Å². The molecule has 1 nitrogen and oxygen atoms in total. The summed E-state index contributed by atoms with van der Waals surface area (Å²) in [5.74, 6) is 0.960. The van der Waals surface area contributed by atoms with Crippen molar-refractivity contribution in [2.45, 2.75) is 64.8 Å². The van der Waals surface area contributed by atoms with Crippen LogP contribution >= 0.6 is 0 Å². The third-order valence-corrected chi connectivity index (χ3v) is 4.56. The first-order valence-electron chi connectivity index (χ1n) is 8.07. The second kappa shape index (κ2) is 7.69. The van der Waals surface area contributed by atoms with Gasteiger partial charge in [0.25, 0.3) is 0 Å². The summed E-state index contributed by atoms with van der Waals surface area (Å²) in [5, 5.41) is 3.71. The van der Waals surface area contributed by atoms with E-state index in [0.717, 1.165) is 12.5 Å². The van der Waals surface area contributed by atoms with Crippen molar-refractivity contribution in [3.63, 3.8) is 0 Å². The lowest BCUT2D eigenvalue weighted by atomic mass is 9.83. The van der Waals surface area contributed by atoms with Crippen molar-refractivity contribution in [1.82, 2.24) is 5.32 Å². The summed E-state index contributed by atoms with van der Waals surface area (Å²) in [6.45, 7) is 5.55. The zero-order valence-electron chi connectivity index (χ0n) is 12.6. The van der Waals surface area contributed by atoms with Gasteiger partial charge in [0, 0.05) is 6.04 Å². The first-order valence-corrected chi connectivity index (χ1v) is 8.07. The minimum atomic E-state index is 0.661. The van der Waals surface area contributed by atoms with Crippen LogP contribution in [0.4, 0.5) is 0 Å². The molecule has 1 aromatic carbocycles. The van der Waals surface area contributed by atoms with Crippen molar-refractivity contribution in [3.05, 3.63) is 35.4 Å². The van der Waals surface area contributed by atoms with E-state index in [1.54, 1.807) is 0 Å². The topological polar surface area (TPSA) is 12.0 Å². The maximum Gasteiger partial charge on any atom is 0.0110 e. The molecule has 2 rings (SSSR count). The molecule has 1 aromatic rings. The molecule has 0 aromatic heterocycles. The summed E-state index contributed by atoms with van der Waals surface area (Å²) < 4.78 is 0. The van der Waals surface area contributed by atoms with E-state index in [9.17, 15) is 0 Å². The minimum Gasteiger partial charge on any atom is -0.314 e. The van der Waals surface area contributed by atoms with Gasteiger partial charge in [-0.3, -0.25) is 0 Å². The van der Waals surface area contributed by atoms with Crippen molar-refractivity contribution in [1.29, 1.82) is 0 Å². The summed E-state index contributed by atoms with van der Waals surface area (Å²) in [5.41, 5.74) is 2.96. The van der Waals surface area contributed by atoms with Crippen molar-refractivity contribution in [2.24, 2.45) is 5.92 Å². The Hall–Kier alpha value is -0.820. The normalized spacial score (nSPS) is 18.4. The molecule has 0 saturated heterocycles. The highest BCUT2D eigenvalue weighted by Gasteiger charge is 2.19. The highest BCUT2D eigenvalue weighted by Crippen LogP contribution is 2.28. The molecule has 0 aliphatic heterocycles. The van der Waals surface area contributed by atoms with Gasteiger partial charge in [-0.2, -0.15) is 0 Å². The Bertz CT molecular complexity index is 366. The molecule has 1 atom stereocenters. The Morgan fingerprint density at radius 1 is 1.16 bits per heavy atom. The van der Waals surface area contributed by atoms with Crippen molar-refractivity contribution >= 4 is 0 Å². The highest BCUT2D eigenvalue weighted by atomic mass is 14.9. The van der Waals surface area contributed by atoms with E-state index in [1.165, 1.54) is 56.1 Å². The third kappa shape index (κ3) is 4.65. The Morgan fingerprint density at radius 3 is 2.58 bits per heavy atom. The second-order valence-electron chi connectivity index (χ2n) is 6.12. The Morgan fingerprint density at radius 2 is 1.89 bits per heavy atom. The molecule has 106 valence electrons. The van der Waals surface area contributed by atoms with Crippen LogP contribution in [0.1, 0.15) is 56.6 Å². The van der Waals surface area contributed by atoms with Crippen molar-refractivity contribution in [3.8, 4) is 0 Å². The summed E-state index contributed by atoms with van der Waals surface area (Å²) in [7, 11) is 0. The van der Waals surface area contributed by atoms with Gasteiger partial charge in [0.05, 0.1) is 0 Å². The van der Waals surface area contributed by atoms with Crippen LogP contribution in [0.5, 0.6) is 0 Å². The van der Waals surface area contributed by atoms with Crippen LogP contribution in [0.25, 0.3) is 0 Å². The average Bonchev–Trinajstić information content (AvgIpc) is 2.43. The first kappa shape index (κ1) is 14.6. The van der Waals surface area contributed by atoms with E-state index >= 15 is 0 Å². The fraction of sp³-hybridized carbons (Fsp3) is 0.667. The van der Waals surface area contributed by atoms with Crippen LogP contribution in [0.15, 0.2) is 24.3 Å². The molecule has 0 spiro atoms. The molecule has 1 heteroatoms. The number of hydrogen-bond donors (Lipinski definition) is 1. The van der Waals surface area contributed by atoms with Gasteiger partial charge in [0.1, 0.15) is 0 Å². The van der Waals surface area contributed by atoms with Gasteiger partial charge in [0.15, 0.2) is 0 Å². The standard InChI is InChI=1S/C18H29N/c1-3-19-18(13-16-10-5-4-6-11-16)14-17-12-8-7-9-15(17)2/h7-9,12,16,18-19H,3-6,10-11,13-14H2,1-2H3. The lowest BCUT2D eigenvalue weighted by Crippen LogP contribution is -2.33. The van der Waals surface area contributed by atoms with E-state index in [-0.39, 0.29) is 0 Å². The molecule has 0 amide bonds. The molecule has 1 aliphatic carbocycles. The van der Waals surface area contributed by atoms with Crippen LogP contribution in [-0.4, -0.2) is 12.6 Å². The van der Waals surface area contributed by atoms with Gasteiger partial charge in [-0.15, -0.1) is 0 Å². The minimum absolute atomic E-state index is 0.661. The SMILES string of the molecule is CCNC(Cc1ccccc1C)CC1CCCCC1. The van der Waals surface area contributed by atoms with Crippen LogP contribution in [0.2, 0.25) is 0 Å². The predicted molar refractivity (Wildman–Crippen MR) is 83.5 cm³/mol. The van der Waals surface area contributed by atoms with Crippen LogP contribution < -0.4 is 5.32 Å². The fourth-order valence-corrected chi connectivity index (χ4v) is 3.46. The second-order valence-corrected chi connectivity index (χ2v) is 6.12. The van der Waals surface area contributed by atoms with E-state index in [1.807, 2.05) is 0 Å². The van der Waals surface area contributed by atoms with Gasteiger partial charge in [-0.05, 0) is 43.4 Å². The molecule has 1 N–H and O–H groups in total. The molecule has 19 heavy (non-hydrogen) atoms. The number of aryl methyl sites for hydroxylation is 1. The molecular formula is C18H29N. The highest BCUT2D eigenvalue weighted by molar-refractivity contribution is 5.26. The van der Waals surface area contributed by atoms with Gasteiger partial charge < -0.3 is 5.32 Å². The van der Waals surface area contributed by atoms with Crippen molar-refractivity contribution < 1.29 is 0 Å². The molecular weight excluding hydrogens is 230 g/mol. The number of likely N-dealkylation sites (N-methyl/N-ethyl adjacent to an activating group) is 1. The number of nitrogens with one attached hydrogen (secondary N) is 1. The molecule has 0 radical (unpaired) electrons. The zero-order chi connectivity index (χ0) is 13.5. The Balaban J connectivity index is 1.93. The van der Waals surface area contributed by atoms with Gasteiger partial charge >= 0.3 is 0 Å². The molecule has 1 saturated carbocycles. The Labute approximate surface area is 118 Å². The summed E-state index contributed by atoms with van der Waals surface area (Å²) >= 11 is 0. The smallest absolute Gasteiger partial charge is 0.0110 e. The quantitative estimate of drug-likeness (QED) is 0.794. The van der Waals surface area contributed by atoms with Crippen LogP contribution in [0, 0.1) is 12.8 Å². The van der Waals surface area contributed by atoms with Gasteiger partial charge in [-0.25, -0.2) is 0 Å². The molecule has 1 unspecified atom stereocenters. The molecule has 1 aliphatic rings. The van der Waals surface area contributed by atoms with Gasteiger partial charge in [0.2, 0.25) is 0 Å². The van der Waals surface area contributed by atoms with E-state index in [0.29, 0.717) is 6.04 Å². The zero-order valence-corrected chi connectivity index (χ0v) is 12.6. The van der Waals surface area contributed by atoms with E-state index in [4.69, 9.17) is 0 Å². The largest absolute Gasteiger partial charge is 0.314 e. The van der Waals surface area contributed by atoms with Gasteiger partial charge in [-0.1, -0.05) is 63.3 Å². The average molecular weight is 259 g/mol. The first-order chi connectivity index (χ1) is 9.29. The third-order valence-electron chi connectivity index (χ3n) is 4.56. The molecule has 0 bridgehead atoms. The lowest BCUT2D eigenvalue weighted by Gasteiger charge is -2.27. The fourth-order valence-electron chi connectivity index (χ4n) is 3.46. The van der Waals surface area contributed by atoms with Crippen molar-refractivity contribution in [2.75, 3.05) is 6.54 Å².